The van der Waals surface area contributed by atoms with Crippen molar-refractivity contribution in [3.05, 3.63) is 77.1 Å². The van der Waals surface area contributed by atoms with E-state index in [2.05, 4.69) is 25.7 Å². The van der Waals surface area contributed by atoms with Gasteiger partial charge in [0.25, 0.3) is 0 Å². The molecule has 0 amide bonds. The molecule has 0 fully saturated rings. The molecule has 4 rings (SSSR count). The van der Waals surface area contributed by atoms with Gasteiger partial charge in [-0.2, -0.15) is 23.3 Å². The van der Waals surface area contributed by atoms with Gasteiger partial charge in [0.1, 0.15) is 11.6 Å². The number of nitrogens with one attached hydrogen (secondary N) is 2. The Balaban J connectivity index is 0.000000532. The molecular formula is C23H21ClF3N7O4S. The van der Waals surface area contributed by atoms with Crippen LogP contribution in [0.4, 0.5) is 36.4 Å². The van der Waals surface area contributed by atoms with Gasteiger partial charge in [-0.05, 0) is 62.4 Å². The van der Waals surface area contributed by atoms with Crippen molar-refractivity contribution in [1.29, 1.82) is 0 Å². The smallest absolute Gasteiger partial charge is 0.475 e. The summed E-state index contributed by atoms with van der Waals surface area (Å²) >= 11 is 6.01. The molecule has 0 aliphatic heterocycles. The number of rotatable bonds is 6. The molecule has 2 heterocycles. The highest BCUT2D eigenvalue weighted by molar-refractivity contribution is 7.89. The predicted molar refractivity (Wildman–Crippen MR) is 138 cm³/mol. The van der Waals surface area contributed by atoms with Crippen LogP contribution in [-0.2, 0) is 14.8 Å². The van der Waals surface area contributed by atoms with Gasteiger partial charge in [0.15, 0.2) is 0 Å². The standard InChI is InChI=1S/C21H20ClN7O2S.C2HF3O2/c1-13-14(2)28-29(17-8-6-15(22)7-9-17)20(13)26-19-10-11-24-21(27-19)25-16-4-3-5-18(12-16)32(23,30)31;3-2(4,5)1(6)7/h3-12H,1-2H3,(H2,23,30,31)(H2,24,25,26,27);(H,6,7). The summed E-state index contributed by atoms with van der Waals surface area (Å²) in [4.78, 5) is 17.6. The second-order valence-corrected chi connectivity index (χ2v) is 9.84. The molecule has 16 heteroatoms. The van der Waals surface area contributed by atoms with Crippen molar-refractivity contribution in [3.8, 4) is 5.69 Å². The van der Waals surface area contributed by atoms with Crippen molar-refractivity contribution >= 4 is 50.9 Å². The Hall–Kier alpha value is -4.21. The molecule has 5 N–H and O–H groups in total. The van der Waals surface area contributed by atoms with E-state index in [-0.39, 0.29) is 10.8 Å². The number of hydrogen-bond acceptors (Lipinski definition) is 8. The van der Waals surface area contributed by atoms with Gasteiger partial charge in [0, 0.05) is 22.5 Å². The number of carboxylic acids is 1. The number of hydrogen-bond donors (Lipinski definition) is 4. The van der Waals surface area contributed by atoms with Crippen molar-refractivity contribution < 1.29 is 31.5 Å². The molecule has 4 aromatic rings. The largest absolute Gasteiger partial charge is 0.490 e. The number of aryl methyl sites for hydroxylation is 1. The first-order valence-electron chi connectivity index (χ1n) is 10.8. The van der Waals surface area contributed by atoms with Crippen LogP contribution < -0.4 is 15.8 Å². The van der Waals surface area contributed by atoms with Gasteiger partial charge in [-0.1, -0.05) is 17.7 Å². The van der Waals surface area contributed by atoms with Gasteiger partial charge in [0.2, 0.25) is 16.0 Å². The first-order chi connectivity index (χ1) is 18.1. The van der Waals surface area contributed by atoms with E-state index in [9.17, 15) is 21.6 Å². The SMILES string of the molecule is Cc1nn(-c2ccc(Cl)cc2)c(Nc2ccnc(Nc3cccc(S(N)(=O)=O)c3)n2)c1C.O=C(O)C(F)(F)F. The third-order valence-electron chi connectivity index (χ3n) is 4.99. The summed E-state index contributed by atoms with van der Waals surface area (Å²) in [6, 6.07) is 15.2. The Morgan fingerprint density at radius 3 is 2.31 bits per heavy atom. The van der Waals surface area contributed by atoms with Crippen molar-refractivity contribution in [3.63, 3.8) is 0 Å². The number of carboxylic acid groups (broad SMARTS) is 1. The second kappa shape index (κ2) is 11.7. The molecule has 0 aliphatic rings. The number of nitrogens with zero attached hydrogens (tertiary/aromatic N) is 4. The molecule has 0 bridgehead atoms. The van der Waals surface area contributed by atoms with Crippen LogP contribution in [0.25, 0.3) is 5.69 Å². The van der Waals surface area contributed by atoms with E-state index in [0.29, 0.717) is 16.5 Å². The first-order valence-corrected chi connectivity index (χ1v) is 12.7. The molecule has 0 atom stereocenters. The molecular weight excluding hydrogens is 563 g/mol. The minimum atomic E-state index is -5.08. The molecule has 0 saturated heterocycles. The molecule has 206 valence electrons. The Bertz CT molecular complexity index is 1590. The summed E-state index contributed by atoms with van der Waals surface area (Å²) in [6.07, 6.45) is -3.49. The topological polar surface area (TPSA) is 165 Å². The number of alkyl halides is 3. The first kappa shape index (κ1) is 29.3. The molecule has 39 heavy (non-hydrogen) atoms. The number of anilines is 4. The molecule has 0 spiro atoms. The van der Waals surface area contributed by atoms with E-state index in [0.717, 1.165) is 22.8 Å². The minimum absolute atomic E-state index is 0.00486. The second-order valence-electron chi connectivity index (χ2n) is 7.84. The highest BCUT2D eigenvalue weighted by Crippen LogP contribution is 2.27. The van der Waals surface area contributed by atoms with Gasteiger partial charge in [-0.3, -0.25) is 0 Å². The third kappa shape index (κ3) is 7.89. The normalized spacial score (nSPS) is 11.4. The van der Waals surface area contributed by atoms with Crippen LogP contribution in [0.5, 0.6) is 0 Å². The van der Waals surface area contributed by atoms with Crippen LogP contribution in [0, 0.1) is 13.8 Å². The van der Waals surface area contributed by atoms with Crippen molar-refractivity contribution in [2.45, 2.75) is 24.9 Å². The summed E-state index contributed by atoms with van der Waals surface area (Å²) in [6.45, 7) is 3.90. The zero-order chi connectivity index (χ0) is 29.0. The van der Waals surface area contributed by atoms with E-state index in [1.807, 2.05) is 26.0 Å². The van der Waals surface area contributed by atoms with Crippen LogP contribution in [0.2, 0.25) is 5.02 Å². The van der Waals surface area contributed by atoms with E-state index in [1.165, 1.54) is 12.1 Å². The molecule has 2 aromatic carbocycles. The number of nitrogens with two attached hydrogens (primary N) is 1. The highest BCUT2D eigenvalue weighted by atomic mass is 35.5. The molecule has 0 unspecified atom stereocenters. The molecule has 2 aromatic heterocycles. The molecule has 0 radical (unpaired) electrons. The third-order valence-corrected chi connectivity index (χ3v) is 6.16. The van der Waals surface area contributed by atoms with Gasteiger partial charge in [-0.25, -0.2) is 28.0 Å². The average molecular weight is 584 g/mol. The van der Waals surface area contributed by atoms with Crippen molar-refractivity contribution in [2.24, 2.45) is 5.14 Å². The zero-order valence-corrected chi connectivity index (χ0v) is 21.8. The Morgan fingerprint density at radius 1 is 1.08 bits per heavy atom. The molecule has 11 nitrogen and oxygen atoms in total. The number of benzene rings is 2. The van der Waals surface area contributed by atoms with Gasteiger partial charge in [0.05, 0.1) is 16.3 Å². The number of sulfonamides is 1. The Labute approximate surface area is 225 Å². The number of primary sulfonamides is 1. The van der Waals surface area contributed by atoms with Crippen LogP contribution in [-0.4, -0.2) is 45.4 Å². The van der Waals surface area contributed by atoms with E-state index in [1.54, 1.807) is 41.2 Å². The van der Waals surface area contributed by atoms with Crippen LogP contribution >= 0.6 is 11.6 Å². The maximum absolute atomic E-state index is 11.6. The fourth-order valence-electron chi connectivity index (χ4n) is 3.01. The monoisotopic (exact) mass is 583 g/mol. The minimum Gasteiger partial charge on any atom is -0.475 e. The zero-order valence-electron chi connectivity index (χ0n) is 20.2. The highest BCUT2D eigenvalue weighted by Gasteiger charge is 2.38. The summed E-state index contributed by atoms with van der Waals surface area (Å²) in [5, 5.41) is 23.9. The van der Waals surface area contributed by atoms with E-state index >= 15 is 0 Å². The maximum atomic E-state index is 11.6. The van der Waals surface area contributed by atoms with Gasteiger partial charge < -0.3 is 15.7 Å². The Morgan fingerprint density at radius 2 is 1.72 bits per heavy atom. The fraction of sp³-hybridized carbons (Fsp3) is 0.130. The predicted octanol–water partition coefficient (Wildman–Crippen LogP) is 4.70. The van der Waals surface area contributed by atoms with E-state index < -0.39 is 22.2 Å². The van der Waals surface area contributed by atoms with E-state index in [4.69, 9.17) is 26.6 Å². The van der Waals surface area contributed by atoms with Crippen LogP contribution in [0.3, 0.4) is 0 Å². The number of aromatic nitrogens is 4. The number of halogens is 4. The summed E-state index contributed by atoms with van der Waals surface area (Å²) in [5.41, 5.74) is 3.18. The Kier molecular flexibility index (Phi) is 8.78. The van der Waals surface area contributed by atoms with Crippen LogP contribution in [0.1, 0.15) is 11.3 Å². The summed E-state index contributed by atoms with van der Waals surface area (Å²) < 4.78 is 56.7. The number of aliphatic carboxylic acids is 1. The lowest BCUT2D eigenvalue weighted by Crippen LogP contribution is -2.21. The average Bonchev–Trinajstić information content (AvgIpc) is 3.13. The van der Waals surface area contributed by atoms with Crippen molar-refractivity contribution in [2.75, 3.05) is 10.6 Å². The summed E-state index contributed by atoms with van der Waals surface area (Å²) in [5.74, 6) is -1.19. The van der Waals surface area contributed by atoms with Crippen molar-refractivity contribution in [1.82, 2.24) is 19.7 Å². The van der Waals surface area contributed by atoms with Crippen LogP contribution in [0.15, 0.2) is 65.7 Å². The van der Waals surface area contributed by atoms with Gasteiger partial charge in [-0.15, -0.1) is 0 Å². The molecule has 0 saturated carbocycles. The summed E-state index contributed by atoms with van der Waals surface area (Å²) in [7, 11) is -3.81. The number of carbonyl (C=O) groups is 1. The fourth-order valence-corrected chi connectivity index (χ4v) is 3.70. The lowest BCUT2D eigenvalue weighted by molar-refractivity contribution is -0.192. The molecule has 0 aliphatic carbocycles. The lowest BCUT2D eigenvalue weighted by Gasteiger charge is -2.12. The lowest BCUT2D eigenvalue weighted by atomic mass is 10.2. The quantitative estimate of drug-likeness (QED) is 0.252. The van der Waals surface area contributed by atoms with Gasteiger partial charge >= 0.3 is 12.1 Å². The maximum Gasteiger partial charge on any atom is 0.490 e.